The molecule has 0 radical (unpaired) electrons. The third kappa shape index (κ3) is 5.38. The molecule has 7 aromatic rings. The summed E-state index contributed by atoms with van der Waals surface area (Å²) in [5, 5.41) is 0. The highest BCUT2D eigenvalue weighted by Crippen LogP contribution is 2.63. The molecule has 320 valence electrons. The Labute approximate surface area is 382 Å². The number of aryl methyl sites for hydroxylation is 3. The number of rotatable bonds is 10. The first-order valence-electron chi connectivity index (χ1n) is 25.0. The molecule has 0 saturated heterocycles. The van der Waals surface area contributed by atoms with E-state index in [0.29, 0.717) is 11.8 Å². The number of benzene rings is 5. The Bertz CT molecular complexity index is 2950. The van der Waals surface area contributed by atoms with Gasteiger partial charge in [-0.3, -0.25) is 0 Å². The number of unbranched alkanes of at least 4 members (excludes halogenated alkanes) is 1. The second-order valence-corrected chi connectivity index (χ2v) is 20.5. The second-order valence-electron chi connectivity index (χ2n) is 20.5. The quantitative estimate of drug-likeness (QED) is 0.121. The number of nitrogens with zero attached hydrogens (tertiary/aromatic N) is 2. The summed E-state index contributed by atoms with van der Waals surface area (Å²) in [5.41, 5.74) is 24.1. The first-order chi connectivity index (χ1) is 31.4. The van der Waals surface area contributed by atoms with Gasteiger partial charge in [-0.1, -0.05) is 118 Å². The normalized spacial score (nSPS) is 22.3. The highest BCUT2D eigenvalue weighted by atomic mass is 15.1. The maximum absolute atomic E-state index is 2.74. The molecule has 2 atom stereocenters. The van der Waals surface area contributed by atoms with Crippen molar-refractivity contribution < 1.29 is 9.13 Å². The van der Waals surface area contributed by atoms with Gasteiger partial charge >= 0.3 is 0 Å². The van der Waals surface area contributed by atoms with Crippen LogP contribution in [-0.2, 0) is 29.3 Å². The molecule has 2 aromatic heterocycles. The monoisotopic (exact) mass is 837 g/mol. The lowest BCUT2D eigenvalue weighted by Crippen LogP contribution is -2.69. The Morgan fingerprint density at radius 2 is 1.19 bits per heavy atom. The molecule has 5 aliphatic carbocycles. The lowest BCUT2D eigenvalue weighted by atomic mass is 9.58. The standard InChI is InChI=1S/C62H64N2/c1-6-9-19-42-27-32-48-56(37-42)60(5,7-2)61(8-3,64-35-17-16-26-58(48)64)33-18-34-63-40-52-44-30-28-43(29-31-44)50(52)39-59(63)49-38-57-51(36-41(49)4)47-22-12-15-25-55(47)62(57)53-23-13-10-20-45(53)46-21-11-14-24-54(46)62/h10-17,20-27,32,35-40,43-44H,6-9,18-19,28-31,33-34H2,1-5H3/q+2. The van der Waals surface area contributed by atoms with Gasteiger partial charge < -0.3 is 0 Å². The van der Waals surface area contributed by atoms with Crippen molar-refractivity contribution in [2.75, 3.05) is 0 Å². The van der Waals surface area contributed by atoms with Crippen molar-refractivity contribution >= 4 is 0 Å². The van der Waals surface area contributed by atoms with E-state index in [4.69, 9.17) is 0 Å². The summed E-state index contributed by atoms with van der Waals surface area (Å²) in [6, 6.07) is 50.1. The first kappa shape index (κ1) is 40.0. The highest BCUT2D eigenvalue weighted by Gasteiger charge is 2.59. The van der Waals surface area contributed by atoms with Crippen LogP contribution in [0.5, 0.6) is 0 Å². The Balaban J connectivity index is 1.00. The number of aromatic nitrogens is 2. The summed E-state index contributed by atoms with van der Waals surface area (Å²) in [4.78, 5) is 0. The first-order valence-corrected chi connectivity index (χ1v) is 25.0. The van der Waals surface area contributed by atoms with Gasteiger partial charge in [0.2, 0.25) is 11.4 Å². The fourth-order valence-corrected chi connectivity index (χ4v) is 14.5. The molecule has 1 saturated carbocycles. The Hall–Kier alpha value is -5.60. The third-order valence-corrected chi connectivity index (χ3v) is 17.9. The zero-order valence-electron chi connectivity index (χ0n) is 38.8. The van der Waals surface area contributed by atoms with E-state index in [1.54, 1.807) is 16.7 Å². The minimum Gasteiger partial charge on any atom is -0.198 e. The van der Waals surface area contributed by atoms with Crippen LogP contribution in [0.1, 0.15) is 154 Å². The summed E-state index contributed by atoms with van der Waals surface area (Å²) in [6.07, 6.45) is 18.5. The van der Waals surface area contributed by atoms with Crippen molar-refractivity contribution in [3.05, 3.63) is 190 Å². The molecule has 2 nitrogen and oxygen atoms in total. The van der Waals surface area contributed by atoms with Crippen LogP contribution in [0.4, 0.5) is 0 Å². The molecule has 2 heteroatoms. The summed E-state index contributed by atoms with van der Waals surface area (Å²) in [5.74, 6) is 1.37. The van der Waals surface area contributed by atoms with Crippen LogP contribution >= 0.6 is 0 Å². The van der Waals surface area contributed by atoms with Gasteiger partial charge in [-0.15, -0.1) is 0 Å². The van der Waals surface area contributed by atoms with Gasteiger partial charge in [0.25, 0.3) is 0 Å². The summed E-state index contributed by atoms with van der Waals surface area (Å²) >= 11 is 0. The number of hydrogen-bond acceptors (Lipinski definition) is 0. The maximum Gasteiger partial charge on any atom is 0.213 e. The van der Waals surface area contributed by atoms with Crippen LogP contribution < -0.4 is 9.13 Å². The van der Waals surface area contributed by atoms with E-state index in [1.807, 2.05) is 0 Å². The van der Waals surface area contributed by atoms with Crippen LogP contribution in [0.25, 0.3) is 44.8 Å². The van der Waals surface area contributed by atoms with Gasteiger partial charge in [0.1, 0.15) is 6.54 Å². The molecule has 0 N–H and O–H groups in total. The van der Waals surface area contributed by atoms with E-state index >= 15 is 0 Å². The largest absolute Gasteiger partial charge is 0.213 e. The predicted octanol–water partition coefficient (Wildman–Crippen LogP) is 14.6. The van der Waals surface area contributed by atoms with Gasteiger partial charge in [-0.05, 0) is 156 Å². The smallest absolute Gasteiger partial charge is 0.198 e. The van der Waals surface area contributed by atoms with Gasteiger partial charge in [-0.2, -0.15) is 9.13 Å². The van der Waals surface area contributed by atoms with Gasteiger partial charge in [0.05, 0.1) is 16.4 Å². The van der Waals surface area contributed by atoms with Crippen LogP contribution in [0, 0.1) is 6.92 Å². The summed E-state index contributed by atoms with van der Waals surface area (Å²) < 4.78 is 5.46. The molecule has 2 bridgehead atoms. The van der Waals surface area contributed by atoms with E-state index in [2.05, 4.69) is 184 Å². The second kappa shape index (κ2) is 15.0. The molecule has 1 spiro atoms. The molecule has 64 heavy (non-hydrogen) atoms. The van der Waals surface area contributed by atoms with Crippen LogP contribution in [-0.4, -0.2) is 0 Å². The molecule has 2 unspecified atom stereocenters. The molecular formula is C62H64N2+2. The van der Waals surface area contributed by atoms with Gasteiger partial charge in [-0.25, -0.2) is 0 Å². The van der Waals surface area contributed by atoms with Gasteiger partial charge in [0, 0.05) is 48.6 Å². The minimum absolute atomic E-state index is 0.00537. The van der Waals surface area contributed by atoms with Crippen molar-refractivity contribution in [2.24, 2.45) is 0 Å². The fourth-order valence-electron chi connectivity index (χ4n) is 14.5. The Kier molecular flexibility index (Phi) is 9.35. The minimum atomic E-state index is -0.351. The van der Waals surface area contributed by atoms with E-state index in [9.17, 15) is 0 Å². The molecule has 13 rings (SSSR count). The van der Waals surface area contributed by atoms with E-state index in [-0.39, 0.29) is 16.4 Å². The molecule has 1 fully saturated rings. The van der Waals surface area contributed by atoms with Gasteiger partial charge in [0.15, 0.2) is 17.9 Å². The average molecular weight is 837 g/mol. The van der Waals surface area contributed by atoms with Crippen molar-refractivity contribution in [1.29, 1.82) is 0 Å². The topological polar surface area (TPSA) is 7.76 Å². The molecular weight excluding hydrogens is 773 g/mol. The number of fused-ring (bicyclic) bond motifs is 15. The molecule has 5 aromatic carbocycles. The van der Waals surface area contributed by atoms with E-state index in [1.165, 1.54) is 117 Å². The zero-order chi connectivity index (χ0) is 43.4. The maximum atomic E-state index is 2.74. The zero-order valence-corrected chi connectivity index (χ0v) is 38.8. The van der Waals surface area contributed by atoms with Crippen molar-refractivity contribution in [3.8, 4) is 44.8 Å². The summed E-state index contributed by atoms with van der Waals surface area (Å²) in [6.45, 7) is 13.2. The van der Waals surface area contributed by atoms with Crippen molar-refractivity contribution in [3.63, 3.8) is 0 Å². The molecule has 3 heterocycles. The lowest BCUT2D eigenvalue weighted by molar-refractivity contribution is -0.771. The van der Waals surface area contributed by atoms with Crippen LogP contribution in [0.3, 0.4) is 0 Å². The highest BCUT2D eigenvalue weighted by molar-refractivity contribution is 5.96. The molecule has 0 amide bonds. The molecule has 1 aliphatic heterocycles. The van der Waals surface area contributed by atoms with Crippen molar-refractivity contribution in [1.82, 2.24) is 0 Å². The predicted molar refractivity (Wildman–Crippen MR) is 263 cm³/mol. The van der Waals surface area contributed by atoms with E-state index < -0.39 is 0 Å². The third-order valence-electron chi connectivity index (χ3n) is 17.9. The van der Waals surface area contributed by atoms with Crippen LogP contribution in [0.2, 0.25) is 0 Å². The Morgan fingerprint density at radius 1 is 0.547 bits per heavy atom. The number of pyridine rings is 2. The number of hydrogen-bond donors (Lipinski definition) is 0. The lowest BCUT2D eigenvalue weighted by Gasteiger charge is -2.48. The SMILES string of the molecule is CCCCc1ccc2c(c1)C(C)(CC)C(CC)(CCC[n+]1cc3c(cc1-c1cc4c(cc1C)-c1ccccc1C41c4ccccc4-c4ccccc41)C1CCC3CC1)[n+]1ccccc1-2. The Morgan fingerprint density at radius 3 is 1.84 bits per heavy atom. The molecule has 6 aliphatic rings. The van der Waals surface area contributed by atoms with Crippen molar-refractivity contribution in [2.45, 2.75) is 140 Å². The fraction of sp³-hybridized carbons (Fsp3) is 0.355. The average Bonchev–Trinajstić information content (AvgIpc) is 3.81. The summed E-state index contributed by atoms with van der Waals surface area (Å²) in [7, 11) is 0. The van der Waals surface area contributed by atoms with E-state index in [0.717, 1.165) is 38.6 Å². The van der Waals surface area contributed by atoms with Crippen LogP contribution in [0.15, 0.2) is 140 Å².